The fourth-order valence-electron chi connectivity index (χ4n) is 1.03. The lowest BCUT2D eigenvalue weighted by Crippen LogP contribution is -2.31. The number of hydrogen-bond acceptors (Lipinski definition) is 3. The average molecular weight is 229 g/mol. The highest BCUT2D eigenvalue weighted by Crippen LogP contribution is 2.21. The molecule has 0 heterocycles. The second-order valence-corrected chi connectivity index (χ2v) is 3.94. The van der Waals surface area contributed by atoms with Gasteiger partial charge >= 0.3 is 6.18 Å². The molecule has 0 amide bonds. The first-order valence-electron chi connectivity index (χ1n) is 4.78. The third-order valence-corrected chi connectivity index (χ3v) is 2.21. The van der Waals surface area contributed by atoms with E-state index in [2.05, 4.69) is 4.74 Å². The van der Waals surface area contributed by atoms with Gasteiger partial charge in [0.15, 0.2) is 0 Å². The van der Waals surface area contributed by atoms with Gasteiger partial charge < -0.3 is 15.6 Å². The van der Waals surface area contributed by atoms with Gasteiger partial charge in [0.2, 0.25) is 0 Å². The highest BCUT2D eigenvalue weighted by atomic mass is 19.4. The summed E-state index contributed by atoms with van der Waals surface area (Å²) in [6.07, 6.45) is -3.25. The molecule has 92 valence electrons. The van der Waals surface area contributed by atoms with E-state index in [0.29, 0.717) is 19.4 Å². The Hall–Kier alpha value is -0.330. The van der Waals surface area contributed by atoms with Gasteiger partial charge in [-0.05, 0) is 19.4 Å². The van der Waals surface area contributed by atoms with Crippen LogP contribution in [0.5, 0.6) is 0 Å². The summed E-state index contributed by atoms with van der Waals surface area (Å²) in [5.74, 6) is 0. The second-order valence-electron chi connectivity index (χ2n) is 3.94. The summed E-state index contributed by atoms with van der Waals surface area (Å²) < 4.78 is 39.4. The van der Waals surface area contributed by atoms with E-state index in [9.17, 15) is 13.2 Å². The van der Waals surface area contributed by atoms with Gasteiger partial charge in [0.1, 0.15) is 6.61 Å². The standard InChI is InChI=1S/C9H18F3NO2/c1-8(5-13,6-14)3-2-4-15-7-9(10,11)12/h14H,2-7,13H2,1H3. The van der Waals surface area contributed by atoms with Crippen LogP contribution >= 0.6 is 0 Å². The Morgan fingerprint density at radius 1 is 1.33 bits per heavy atom. The summed E-state index contributed by atoms with van der Waals surface area (Å²) >= 11 is 0. The molecule has 0 aliphatic carbocycles. The number of aliphatic hydroxyl groups excluding tert-OH is 1. The molecule has 0 bridgehead atoms. The minimum absolute atomic E-state index is 0.0368. The van der Waals surface area contributed by atoms with Crippen LogP contribution < -0.4 is 5.73 Å². The Bertz CT molecular complexity index is 169. The molecular formula is C9H18F3NO2. The van der Waals surface area contributed by atoms with Gasteiger partial charge in [-0.3, -0.25) is 0 Å². The van der Waals surface area contributed by atoms with Crippen molar-refractivity contribution >= 4 is 0 Å². The summed E-state index contributed by atoms with van der Waals surface area (Å²) in [6, 6.07) is 0. The van der Waals surface area contributed by atoms with Crippen LogP contribution in [0.15, 0.2) is 0 Å². The van der Waals surface area contributed by atoms with Crippen LogP contribution in [-0.4, -0.2) is 37.6 Å². The molecule has 0 saturated heterocycles. The van der Waals surface area contributed by atoms with Gasteiger partial charge in [0.25, 0.3) is 0 Å². The first-order valence-corrected chi connectivity index (χ1v) is 4.78. The zero-order chi connectivity index (χ0) is 11.9. The molecule has 0 aromatic rings. The van der Waals surface area contributed by atoms with Crippen molar-refractivity contribution in [2.24, 2.45) is 11.1 Å². The molecule has 1 unspecified atom stereocenters. The van der Waals surface area contributed by atoms with Gasteiger partial charge in [0.05, 0.1) is 0 Å². The van der Waals surface area contributed by atoms with Crippen molar-refractivity contribution in [1.29, 1.82) is 0 Å². The van der Waals surface area contributed by atoms with E-state index < -0.39 is 18.2 Å². The Morgan fingerprint density at radius 3 is 2.33 bits per heavy atom. The Balaban J connectivity index is 3.54. The predicted octanol–water partition coefficient (Wildman–Crippen LogP) is 1.30. The number of halogens is 3. The van der Waals surface area contributed by atoms with Crippen molar-refractivity contribution in [2.45, 2.75) is 25.9 Å². The van der Waals surface area contributed by atoms with Crippen molar-refractivity contribution in [3.63, 3.8) is 0 Å². The molecule has 0 aliphatic rings. The number of rotatable bonds is 7. The molecule has 3 nitrogen and oxygen atoms in total. The SMILES string of the molecule is CC(CN)(CO)CCCOCC(F)(F)F. The first-order chi connectivity index (χ1) is 6.83. The van der Waals surface area contributed by atoms with Crippen LogP contribution in [0.4, 0.5) is 13.2 Å². The lowest BCUT2D eigenvalue weighted by molar-refractivity contribution is -0.174. The van der Waals surface area contributed by atoms with E-state index in [-0.39, 0.29) is 13.2 Å². The normalized spacial score (nSPS) is 16.4. The van der Waals surface area contributed by atoms with E-state index in [1.165, 1.54) is 0 Å². The second kappa shape index (κ2) is 6.30. The van der Waals surface area contributed by atoms with E-state index in [4.69, 9.17) is 10.8 Å². The average Bonchev–Trinajstić information content (AvgIpc) is 2.15. The number of aliphatic hydroxyl groups is 1. The molecule has 0 aromatic heterocycles. The topological polar surface area (TPSA) is 55.5 Å². The van der Waals surface area contributed by atoms with Gasteiger partial charge in [-0.2, -0.15) is 13.2 Å². The maximum Gasteiger partial charge on any atom is 0.411 e. The van der Waals surface area contributed by atoms with Crippen molar-refractivity contribution in [1.82, 2.24) is 0 Å². The van der Waals surface area contributed by atoms with Crippen LogP contribution in [0, 0.1) is 5.41 Å². The third kappa shape index (κ3) is 7.58. The molecule has 3 N–H and O–H groups in total. The summed E-state index contributed by atoms with van der Waals surface area (Å²) in [6.45, 7) is 0.850. The maximum absolute atomic E-state index is 11.7. The molecule has 0 rings (SSSR count). The summed E-state index contributed by atoms with van der Waals surface area (Å²) in [7, 11) is 0. The lowest BCUT2D eigenvalue weighted by atomic mass is 9.87. The highest BCUT2D eigenvalue weighted by molar-refractivity contribution is 4.73. The van der Waals surface area contributed by atoms with Crippen molar-refractivity contribution < 1.29 is 23.0 Å². The van der Waals surface area contributed by atoms with Crippen LogP contribution in [0.2, 0.25) is 0 Å². The molecule has 0 fully saturated rings. The van der Waals surface area contributed by atoms with Crippen molar-refractivity contribution in [2.75, 3.05) is 26.4 Å². The lowest BCUT2D eigenvalue weighted by Gasteiger charge is -2.24. The van der Waals surface area contributed by atoms with E-state index in [1.54, 1.807) is 6.92 Å². The third-order valence-electron chi connectivity index (χ3n) is 2.21. The molecule has 6 heteroatoms. The van der Waals surface area contributed by atoms with Gasteiger partial charge in [0, 0.05) is 18.6 Å². The molecule has 0 saturated carbocycles. The molecule has 0 aliphatic heterocycles. The van der Waals surface area contributed by atoms with E-state index in [1.807, 2.05) is 0 Å². The smallest absolute Gasteiger partial charge is 0.396 e. The van der Waals surface area contributed by atoms with Gasteiger partial charge in [-0.15, -0.1) is 0 Å². The van der Waals surface area contributed by atoms with Crippen molar-refractivity contribution in [3.05, 3.63) is 0 Å². The highest BCUT2D eigenvalue weighted by Gasteiger charge is 2.27. The Labute approximate surface area is 87.4 Å². The monoisotopic (exact) mass is 229 g/mol. The first kappa shape index (κ1) is 14.7. The fourth-order valence-corrected chi connectivity index (χ4v) is 1.03. The maximum atomic E-state index is 11.7. The molecule has 0 radical (unpaired) electrons. The summed E-state index contributed by atoms with van der Waals surface area (Å²) in [5.41, 5.74) is 5.01. The van der Waals surface area contributed by atoms with Gasteiger partial charge in [-0.1, -0.05) is 6.92 Å². The molecular weight excluding hydrogens is 211 g/mol. The van der Waals surface area contributed by atoms with E-state index >= 15 is 0 Å². The van der Waals surface area contributed by atoms with Crippen LogP contribution in [0.3, 0.4) is 0 Å². The zero-order valence-corrected chi connectivity index (χ0v) is 8.81. The van der Waals surface area contributed by atoms with Crippen LogP contribution in [-0.2, 0) is 4.74 Å². The number of hydrogen-bond donors (Lipinski definition) is 2. The van der Waals surface area contributed by atoms with Crippen molar-refractivity contribution in [3.8, 4) is 0 Å². The van der Waals surface area contributed by atoms with Crippen LogP contribution in [0.1, 0.15) is 19.8 Å². The number of alkyl halides is 3. The molecule has 15 heavy (non-hydrogen) atoms. The minimum Gasteiger partial charge on any atom is -0.396 e. The number of ether oxygens (including phenoxy) is 1. The summed E-state index contributed by atoms with van der Waals surface area (Å²) in [4.78, 5) is 0. The molecule has 1 atom stereocenters. The van der Waals surface area contributed by atoms with E-state index in [0.717, 1.165) is 0 Å². The Kier molecular flexibility index (Phi) is 6.16. The Morgan fingerprint density at radius 2 is 1.93 bits per heavy atom. The van der Waals surface area contributed by atoms with Crippen LogP contribution in [0.25, 0.3) is 0 Å². The minimum atomic E-state index is -4.27. The molecule has 0 spiro atoms. The fraction of sp³-hybridized carbons (Fsp3) is 1.00. The molecule has 0 aromatic carbocycles. The summed E-state index contributed by atoms with van der Waals surface area (Å²) in [5, 5.41) is 8.97. The predicted molar refractivity (Wildman–Crippen MR) is 50.4 cm³/mol. The van der Waals surface area contributed by atoms with Gasteiger partial charge in [-0.25, -0.2) is 0 Å². The quantitative estimate of drug-likeness (QED) is 0.647. The largest absolute Gasteiger partial charge is 0.411 e. The number of nitrogens with two attached hydrogens (primary N) is 1. The zero-order valence-electron chi connectivity index (χ0n) is 8.81.